The molecule has 6 heteroatoms. The SMILES string of the molecule is COc1c(C(F)F)cc(F)cc1C1(C(=O)O)CCCCC1. The Bertz CT molecular complexity index is 537. The van der Waals surface area contributed by atoms with Crippen LogP contribution in [-0.2, 0) is 10.2 Å². The summed E-state index contributed by atoms with van der Waals surface area (Å²) in [5.41, 5.74) is -1.93. The molecule has 0 atom stereocenters. The van der Waals surface area contributed by atoms with E-state index in [-0.39, 0.29) is 11.3 Å². The summed E-state index contributed by atoms with van der Waals surface area (Å²) in [4.78, 5) is 11.8. The average molecular weight is 302 g/mol. The molecule has 1 saturated carbocycles. The topological polar surface area (TPSA) is 46.5 Å². The number of hydrogen-bond acceptors (Lipinski definition) is 2. The van der Waals surface area contributed by atoms with Crippen LogP contribution in [-0.4, -0.2) is 18.2 Å². The molecule has 0 spiro atoms. The predicted molar refractivity (Wildman–Crippen MR) is 70.3 cm³/mol. The maximum Gasteiger partial charge on any atom is 0.314 e. The summed E-state index contributed by atoms with van der Waals surface area (Å²) >= 11 is 0. The van der Waals surface area contributed by atoms with Crippen LogP contribution in [0.1, 0.15) is 49.7 Å². The molecule has 0 amide bonds. The van der Waals surface area contributed by atoms with Crippen LogP contribution in [0.25, 0.3) is 0 Å². The minimum Gasteiger partial charge on any atom is -0.496 e. The number of carboxylic acid groups (broad SMARTS) is 1. The van der Waals surface area contributed by atoms with Crippen LogP contribution < -0.4 is 4.74 Å². The summed E-state index contributed by atoms with van der Waals surface area (Å²) < 4.78 is 44.9. The second-order valence-corrected chi connectivity index (χ2v) is 5.32. The minimum absolute atomic E-state index is 0.0208. The van der Waals surface area contributed by atoms with Crippen molar-refractivity contribution < 1.29 is 27.8 Å². The molecule has 1 fully saturated rings. The number of halogens is 3. The molecule has 0 unspecified atom stereocenters. The molecule has 0 heterocycles. The van der Waals surface area contributed by atoms with Crippen molar-refractivity contribution in [1.29, 1.82) is 0 Å². The summed E-state index contributed by atoms with van der Waals surface area (Å²) in [6, 6.07) is 1.72. The summed E-state index contributed by atoms with van der Waals surface area (Å²) in [5.74, 6) is -2.20. The highest BCUT2D eigenvalue weighted by atomic mass is 19.3. The monoisotopic (exact) mass is 302 g/mol. The molecule has 116 valence electrons. The van der Waals surface area contributed by atoms with E-state index >= 15 is 0 Å². The number of benzene rings is 1. The van der Waals surface area contributed by atoms with Crippen LogP contribution in [0.3, 0.4) is 0 Å². The van der Waals surface area contributed by atoms with Crippen molar-refractivity contribution in [2.45, 2.75) is 43.9 Å². The lowest BCUT2D eigenvalue weighted by molar-refractivity contribution is -0.145. The quantitative estimate of drug-likeness (QED) is 0.912. The smallest absolute Gasteiger partial charge is 0.314 e. The first-order valence-electron chi connectivity index (χ1n) is 6.82. The Morgan fingerprint density at radius 3 is 2.38 bits per heavy atom. The van der Waals surface area contributed by atoms with Crippen molar-refractivity contribution in [2.75, 3.05) is 7.11 Å². The second-order valence-electron chi connectivity index (χ2n) is 5.32. The van der Waals surface area contributed by atoms with Crippen molar-refractivity contribution in [2.24, 2.45) is 0 Å². The Morgan fingerprint density at radius 1 is 1.29 bits per heavy atom. The molecular formula is C15H17F3O3. The molecule has 1 aromatic rings. The predicted octanol–water partition coefficient (Wildman–Crippen LogP) is 4.06. The lowest BCUT2D eigenvalue weighted by Gasteiger charge is -2.35. The van der Waals surface area contributed by atoms with Crippen molar-refractivity contribution >= 4 is 5.97 Å². The second kappa shape index (κ2) is 5.95. The van der Waals surface area contributed by atoms with Crippen molar-refractivity contribution in [3.63, 3.8) is 0 Å². The molecule has 21 heavy (non-hydrogen) atoms. The first-order chi connectivity index (χ1) is 9.92. The van der Waals surface area contributed by atoms with Gasteiger partial charge in [-0.25, -0.2) is 13.2 Å². The molecule has 0 saturated heterocycles. The Morgan fingerprint density at radius 2 is 1.90 bits per heavy atom. The molecule has 0 radical (unpaired) electrons. The Balaban J connectivity index is 2.67. The first-order valence-corrected chi connectivity index (χ1v) is 6.82. The Hall–Kier alpha value is -1.72. The normalized spacial score (nSPS) is 17.8. The van der Waals surface area contributed by atoms with Gasteiger partial charge in [-0.3, -0.25) is 4.79 Å². The number of carboxylic acids is 1. The van der Waals surface area contributed by atoms with E-state index in [1.807, 2.05) is 0 Å². The van der Waals surface area contributed by atoms with Gasteiger partial charge in [-0.1, -0.05) is 19.3 Å². The third-order valence-electron chi connectivity index (χ3n) is 4.15. The summed E-state index contributed by atoms with van der Waals surface area (Å²) in [6.07, 6.45) is -0.125. The Kier molecular flexibility index (Phi) is 4.44. The van der Waals surface area contributed by atoms with Gasteiger partial charge in [-0.05, 0) is 25.0 Å². The number of alkyl halides is 2. The zero-order valence-electron chi connectivity index (χ0n) is 11.7. The molecule has 1 aliphatic carbocycles. The number of rotatable bonds is 4. The van der Waals surface area contributed by atoms with Gasteiger partial charge in [-0.15, -0.1) is 0 Å². The van der Waals surface area contributed by atoms with E-state index in [0.717, 1.165) is 12.5 Å². The average Bonchev–Trinajstić information content (AvgIpc) is 2.46. The van der Waals surface area contributed by atoms with Gasteiger partial charge in [0.05, 0.1) is 18.1 Å². The van der Waals surface area contributed by atoms with Gasteiger partial charge in [0.15, 0.2) is 0 Å². The fourth-order valence-electron chi connectivity index (χ4n) is 3.11. The third-order valence-corrected chi connectivity index (χ3v) is 4.15. The molecular weight excluding hydrogens is 285 g/mol. The molecule has 2 rings (SSSR count). The van der Waals surface area contributed by atoms with Crippen LogP contribution >= 0.6 is 0 Å². The Labute approximate surface area is 120 Å². The van der Waals surface area contributed by atoms with Gasteiger partial charge in [-0.2, -0.15) is 0 Å². The lowest BCUT2D eigenvalue weighted by Crippen LogP contribution is -2.38. The number of hydrogen-bond donors (Lipinski definition) is 1. The van der Waals surface area contributed by atoms with E-state index in [4.69, 9.17) is 4.74 Å². The van der Waals surface area contributed by atoms with Crippen LogP contribution in [0, 0.1) is 5.82 Å². The highest BCUT2D eigenvalue weighted by molar-refractivity contribution is 5.83. The lowest BCUT2D eigenvalue weighted by atomic mass is 9.68. The summed E-state index contributed by atoms with van der Waals surface area (Å²) in [7, 11) is 1.20. The highest BCUT2D eigenvalue weighted by Gasteiger charge is 2.44. The molecule has 0 aromatic heterocycles. The first kappa shape index (κ1) is 15.7. The molecule has 3 nitrogen and oxygen atoms in total. The number of aliphatic carboxylic acids is 1. The van der Waals surface area contributed by atoms with Crippen molar-refractivity contribution in [3.05, 3.63) is 29.1 Å². The molecule has 0 aliphatic heterocycles. The van der Waals surface area contributed by atoms with E-state index < -0.39 is 29.2 Å². The fraction of sp³-hybridized carbons (Fsp3) is 0.533. The van der Waals surface area contributed by atoms with Gasteiger partial charge in [0.2, 0.25) is 0 Å². The van der Waals surface area contributed by atoms with Gasteiger partial charge < -0.3 is 9.84 Å². The molecule has 1 aliphatic rings. The van der Waals surface area contributed by atoms with E-state index in [9.17, 15) is 23.1 Å². The van der Waals surface area contributed by atoms with Crippen LogP contribution in [0.2, 0.25) is 0 Å². The van der Waals surface area contributed by atoms with Crippen molar-refractivity contribution in [3.8, 4) is 5.75 Å². The zero-order chi connectivity index (χ0) is 15.6. The fourth-order valence-corrected chi connectivity index (χ4v) is 3.11. The minimum atomic E-state index is -2.93. The number of ether oxygens (including phenoxy) is 1. The van der Waals surface area contributed by atoms with Crippen molar-refractivity contribution in [1.82, 2.24) is 0 Å². The van der Waals surface area contributed by atoms with E-state index in [1.165, 1.54) is 7.11 Å². The van der Waals surface area contributed by atoms with E-state index in [2.05, 4.69) is 0 Å². The van der Waals surface area contributed by atoms with E-state index in [0.29, 0.717) is 31.7 Å². The van der Waals surface area contributed by atoms with Gasteiger partial charge in [0.25, 0.3) is 6.43 Å². The van der Waals surface area contributed by atoms with Crippen LogP contribution in [0.4, 0.5) is 13.2 Å². The molecule has 1 aromatic carbocycles. The maximum absolute atomic E-state index is 13.7. The molecule has 1 N–H and O–H groups in total. The van der Waals surface area contributed by atoms with Gasteiger partial charge in [0.1, 0.15) is 11.6 Å². The number of methoxy groups -OCH3 is 1. The largest absolute Gasteiger partial charge is 0.496 e. The molecule has 0 bridgehead atoms. The van der Waals surface area contributed by atoms with Crippen LogP contribution in [0.5, 0.6) is 5.75 Å². The standard InChI is InChI=1S/C15H17F3O3/c1-21-12-10(13(17)18)7-9(16)8-11(12)15(14(19)20)5-3-2-4-6-15/h7-8,13H,2-6H2,1H3,(H,19,20). The highest BCUT2D eigenvalue weighted by Crippen LogP contribution is 2.46. The van der Waals surface area contributed by atoms with Gasteiger partial charge in [0, 0.05) is 5.56 Å². The maximum atomic E-state index is 13.7. The zero-order valence-corrected chi connectivity index (χ0v) is 11.7. The third kappa shape index (κ3) is 2.71. The van der Waals surface area contributed by atoms with Gasteiger partial charge >= 0.3 is 5.97 Å². The van der Waals surface area contributed by atoms with Crippen LogP contribution in [0.15, 0.2) is 12.1 Å². The summed E-state index contributed by atoms with van der Waals surface area (Å²) in [6.45, 7) is 0. The van der Waals surface area contributed by atoms with E-state index in [1.54, 1.807) is 0 Å². The summed E-state index contributed by atoms with van der Waals surface area (Å²) in [5, 5.41) is 9.62. The number of carbonyl (C=O) groups is 1.